The lowest BCUT2D eigenvalue weighted by molar-refractivity contribution is 0.540. The predicted octanol–water partition coefficient (Wildman–Crippen LogP) is 3.64. The van der Waals surface area contributed by atoms with Crippen molar-refractivity contribution in [1.82, 2.24) is 35.0 Å². The van der Waals surface area contributed by atoms with Crippen LogP contribution < -0.4 is 4.90 Å². The van der Waals surface area contributed by atoms with Crippen LogP contribution in [0.4, 0.5) is 5.95 Å². The van der Waals surface area contributed by atoms with Crippen LogP contribution in [0, 0.1) is 6.92 Å². The topological polar surface area (TPSA) is 77.5 Å². The molecular weight excluding hydrogens is 384 g/mol. The van der Waals surface area contributed by atoms with Gasteiger partial charge in [-0.2, -0.15) is 0 Å². The zero-order valence-electron chi connectivity index (χ0n) is 17.2. The van der Waals surface area contributed by atoms with Gasteiger partial charge in [-0.05, 0) is 55.2 Å². The number of thioether (sulfide) groups is 1. The maximum Gasteiger partial charge on any atom is 0.232 e. The van der Waals surface area contributed by atoms with E-state index in [2.05, 4.69) is 73.3 Å². The number of anilines is 1. The minimum absolute atomic E-state index is 0.667. The van der Waals surface area contributed by atoms with Gasteiger partial charge in [-0.25, -0.2) is 4.68 Å². The second-order valence-electron chi connectivity index (χ2n) is 7.46. The Morgan fingerprint density at radius 3 is 2.55 bits per heavy atom. The maximum absolute atomic E-state index is 4.57. The summed E-state index contributed by atoms with van der Waals surface area (Å²) in [5.41, 5.74) is 2.33. The minimum Gasteiger partial charge on any atom is -0.341 e. The summed E-state index contributed by atoms with van der Waals surface area (Å²) in [6, 6.07) is 8.55. The Morgan fingerprint density at radius 2 is 1.79 bits per heavy atom. The van der Waals surface area contributed by atoms with Crippen molar-refractivity contribution in [3.05, 3.63) is 35.7 Å². The van der Waals surface area contributed by atoms with Gasteiger partial charge in [0.25, 0.3) is 0 Å². The molecule has 0 radical (unpaired) electrons. The molecular formula is C20H28N8S. The second kappa shape index (κ2) is 9.39. The van der Waals surface area contributed by atoms with Gasteiger partial charge in [0, 0.05) is 19.6 Å². The van der Waals surface area contributed by atoms with E-state index in [0.29, 0.717) is 5.75 Å². The van der Waals surface area contributed by atoms with E-state index in [9.17, 15) is 0 Å². The molecule has 0 amide bonds. The van der Waals surface area contributed by atoms with Gasteiger partial charge in [0.15, 0.2) is 11.0 Å². The molecule has 0 bridgehead atoms. The van der Waals surface area contributed by atoms with Crippen molar-refractivity contribution < 1.29 is 0 Å². The Morgan fingerprint density at radius 1 is 1.00 bits per heavy atom. The Balaban J connectivity index is 1.60. The Labute approximate surface area is 175 Å². The molecule has 0 aliphatic carbocycles. The van der Waals surface area contributed by atoms with Gasteiger partial charge in [-0.3, -0.25) is 4.57 Å². The van der Waals surface area contributed by atoms with Crippen molar-refractivity contribution in [2.45, 2.75) is 63.4 Å². The number of aryl methyl sites for hydroxylation is 2. The zero-order chi connectivity index (χ0) is 20.1. The average molecular weight is 413 g/mol. The van der Waals surface area contributed by atoms with Crippen LogP contribution in [0.2, 0.25) is 0 Å². The highest BCUT2D eigenvalue weighted by molar-refractivity contribution is 7.98. The fraction of sp³-hybridized carbons (Fsp3) is 0.550. The SMILES string of the molecule is CCCCn1nnnc1CSc1nnc(N2CCCCC2)n1-c1ccc(C)cc1. The first-order valence-corrected chi connectivity index (χ1v) is 11.4. The summed E-state index contributed by atoms with van der Waals surface area (Å²) < 4.78 is 4.07. The van der Waals surface area contributed by atoms with Crippen LogP contribution in [0.1, 0.15) is 50.4 Å². The quantitative estimate of drug-likeness (QED) is 0.523. The van der Waals surface area contributed by atoms with Gasteiger partial charge in [-0.15, -0.1) is 15.3 Å². The first-order valence-electron chi connectivity index (χ1n) is 10.4. The molecule has 4 rings (SSSR count). The largest absolute Gasteiger partial charge is 0.341 e. The molecule has 1 aliphatic heterocycles. The molecule has 1 saturated heterocycles. The van der Waals surface area contributed by atoms with Crippen LogP contribution in [0.15, 0.2) is 29.4 Å². The third-order valence-corrected chi connectivity index (χ3v) is 6.13. The molecule has 9 heteroatoms. The first-order chi connectivity index (χ1) is 14.3. The van der Waals surface area contributed by atoms with Crippen molar-refractivity contribution in [3.63, 3.8) is 0 Å². The van der Waals surface area contributed by atoms with Crippen LogP contribution >= 0.6 is 11.8 Å². The van der Waals surface area contributed by atoms with E-state index in [1.54, 1.807) is 11.8 Å². The molecule has 8 nitrogen and oxygen atoms in total. The molecule has 0 spiro atoms. The molecule has 0 unspecified atom stereocenters. The van der Waals surface area contributed by atoms with Crippen LogP contribution in [0.5, 0.6) is 0 Å². The summed E-state index contributed by atoms with van der Waals surface area (Å²) in [7, 11) is 0. The molecule has 3 aromatic rings. The Hall–Kier alpha value is -2.42. The summed E-state index contributed by atoms with van der Waals surface area (Å²) in [4.78, 5) is 2.35. The highest BCUT2D eigenvalue weighted by Crippen LogP contribution is 2.29. The normalized spacial score (nSPS) is 14.5. The Bertz CT molecular complexity index is 911. The molecule has 0 N–H and O–H groups in total. The lowest BCUT2D eigenvalue weighted by Crippen LogP contribution is -2.31. The first kappa shape index (κ1) is 19.9. The van der Waals surface area contributed by atoms with Crippen LogP contribution in [-0.4, -0.2) is 48.1 Å². The van der Waals surface area contributed by atoms with Crippen molar-refractivity contribution in [3.8, 4) is 5.69 Å². The molecule has 1 aliphatic rings. The number of benzene rings is 1. The summed E-state index contributed by atoms with van der Waals surface area (Å²) in [5, 5.41) is 22.2. The molecule has 1 fully saturated rings. The smallest absolute Gasteiger partial charge is 0.232 e. The monoisotopic (exact) mass is 412 g/mol. The number of tetrazole rings is 1. The Kier molecular flexibility index (Phi) is 6.43. The van der Waals surface area contributed by atoms with Gasteiger partial charge in [-0.1, -0.05) is 42.8 Å². The van der Waals surface area contributed by atoms with Gasteiger partial charge < -0.3 is 4.90 Å². The van der Waals surface area contributed by atoms with E-state index >= 15 is 0 Å². The number of unbranched alkanes of at least 4 members (excludes halogenated alkanes) is 1. The van der Waals surface area contributed by atoms with Gasteiger partial charge in [0.1, 0.15) is 0 Å². The van der Waals surface area contributed by atoms with Gasteiger partial charge in [0.05, 0.1) is 11.4 Å². The highest BCUT2D eigenvalue weighted by Gasteiger charge is 2.22. The van der Waals surface area contributed by atoms with Crippen molar-refractivity contribution in [1.29, 1.82) is 0 Å². The summed E-state index contributed by atoms with van der Waals surface area (Å²) in [5.74, 6) is 2.48. The van der Waals surface area contributed by atoms with E-state index < -0.39 is 0 Å². The summed E-state index contributed by atoms with van der Waals surface area (Å²) in [6.45, 7) is 7.19. The van der Waals surface area contributed by atoms with Crippen molar-refractivity contribution >= 4 is 17.7 Å². The summed E-state index contributed by atoms with van der Waals surface area (Å²) >= 11 is 1.64. The lowest BCUT2D eigenvalue weighted by Gasteiger charge is -2.27. The second-order valence-corrected chi connectivity index (χ2v) is 8.40. The van der Waals surface area contributed by atoms with E-state index in [1.807, 2.05) is 4.68 Å². The van der Waals surface area contributed by atoms with Gasteiger partial charge in [0.2, 0.25) is 5.95 Å². The maximum atomic E-state index is 4.57. The molecule has 2 aromatic heterocycles. The minimum atomic E-state index is 0.667. The molecule has 0 saturated carbocycles. The third-order valence-electron chi connectivity index (χ3n) is 5.21. The summed E-state index contributed by atoms with van der Waals surface area (Å²) in [6.07, 6.45) is 5.89. The molecule has 1 aromatic carbocycles. The highest BCUT2D eigenvalue weighted by atomic mass is 32.2. The fourth-order valence-electron chi connectivity index (χ4n) is 3.51. The molecule has 3 heterocycles. The number of nitrogens with zero attached hydrogens (tertiary/aromatic N) is 8. The van der Waals surface area contributed by atoms with Gasteiger partial charge >= 0.3 is 0 Å². The van der Waals surface area contributed by atoms with Crippen LogP contribution in [0.25, 0.3) is 5.69 Å². The number of aromatic nitrogens is 7. The average Bonchev–Trinajstić information content (AvgIpc) is 3.38. The number of hydrogen-bond acceptors (Lipinski definition) is 7. The zero-order valence-corrected chi connectivity index (χ0v) is 18.0. The molecule has 29 heavy (non-hydrogen) atoms. The molecule has 154 valence electrons. The van der Waals surface area contributed by atoms with Crippen LogP contribution in [0.3, 0.4) is 0 Å². The predicted molar refractivity (Wildman–Crippen MR) is 114 cm³/mol. The standard InChI is InChI=1S/C20H28N8S/c1-3-4-14-27-18(21-24-25-27)15-29-20-23-22-19(26-12-6-5-7-13-26)28(20)17-10-8-16(2)9-11-17/h8-11H,3-7,12-15H2,1-2H3. The van der Waals surface area contributed by atoms with E-state index in [0.717, 1.165) is 55.1 Å². The number of piperidine rings is 1. The lowest BCUT2D eigenvalue weighted by atomic mass is 10.1. The number of rotatable bonds is 8. The molecule has 0 atom stereocenters. The van der Waals surface area contributed by atoms with Crippen molar-refractivity contribution in [2.24, 2.45) is 0 Å². The van der Waals surface area contributed by atoms with E-state index in [-0.39, 0.29) is 0 Å². The van der Waals surface area contributed by atoms with Crippen LogP contribution in [-0.2, 0) is 12.3 Å². The van der Waals surface area contributed by atoms with E-state index in [4.69, 9.17) is 0 Å². The fourth-order valence-corrected chi connectivity index (χ4v) is 4.39. The van der Waals surface area contributed by atoms with E-state index in [1.165, 1.54) is 24.8 Å². The van der Waals surface area contributed by atoms with Crippen molar-refractivity contribution in [2.75, 3.05) is 18.0 Å². The third kappa shape index (κ3) is 4.60. The number of hydrogen-bond donors (Lipinski definition) is 0.